The minimum Gasteiger partial charge on any atom is -0.497 e. The maximum atomic E-state index is 12.5. The number of ether oxygens (including phenoxy) is 2. The third-order valence-electron chi connectivity index (χ3n) is 3.52. The van der Waals surface area contributed by atoms with Crippen LogP contribution in [0.15, 0.2) is 18.2 Å². The van der Waals surface area contributed by atoms with Crippen LogP contribution in [0.4, 0.5) is 10.5 Å². The molecule has 1 amide bonds. The first-order valence-electron chi connectivity index (χ1n) is 7.25. The minimum absolute atomic E-state index is 0.0271. The molecule has 1 aromatic rings. The fourth-order valence-corrected chi connectivity index (χ4v) is 2.55. The Kier molecular flexibility index (Phi) is 4.42. The first kappa shape index (κ1) is 15.6. The topological polar surface area (TPSA) is 64.8 Å². The van der Waals surface area contributed by atoms with Gasteiger partial charge in [0.25, 0.3) is 0 Å². The molecule has 0 aromatic heterocycles. The monoisotopic (exact) mass is 292 g/mol. The van der Waals surface area contributed by atoms with Crippen LogP contribution in [0.1, 0.15) is 32.8 Å². The highest BCUT2D eigenvalue weighted by molar-refractivity contribution is 5.90. The highest BCUT2D eigenvalue weighted by Crippen LogP contribution is 2.34. The summed E-state index contributed by atoms with van der Waals surface area (Å²) in [7, 11) is 1.64. The predicted molar refractivity (Wildman–Crippen MR) is 82.9 cm³/mol. The molecule has 0 aliphatic carbocycles. The second-order valence-electron chi connectivity index (χ2n) is 6.27. The number of hydrogen-bond donors (Lipinski definition) is 1. The van der Waals surface area contributed by atoms with E-state index < -0.39 is 5.60 Å². The van der Waals surface area contributed by atoms with E-state index in [0.29, 0.717) is 6.54 Å². The largest absolute Gasteiger partial charge is 0.497 e. The van der Waals surface area contributed by atoms with Gasteiger partial charge in [-0.05, 0) is 57.4 Å². The van der Waals surface area contributed by atoms with E-state index in [1.54, 1.807) is 12.0 Å². The number of methoxy groups -OCH3 is 1. The van der Waals surface area contributed by atoms with Crippen LogP contribution in [-0.4, -0.2) is 31.4 Å². The summed E-state index contributed by atoms with van der Waals surface area (Å²) in [6.45, 7) is 6.01. The molecule has 1 aromatic carbocycles. The van der Waals surface area contributed by atoms with Gasteiger partial charge in [-0.2, -0.15) is 0 Å². The Balaban J connectivity index is 2.35. The average Bonchev–Trinajstić information content (AvgIpc) is 2.43. The van der Waals surface area contributed by atoms with E-state index in [1.807, 2.05) is 39.0 Å². The zero-order valence-corrected chi connectivity index (χ0v) is 13.2. The molecule has 0 fully saturated rings. The number of fused-ring (bicyclic) bond motifs is 1. The van der Waals surface area contributed by atoms with Crippen LogP contribution in [0, 0.1) is 0 Å². The molecule has 1 heterocycles. The minimum atomic E-state index is -0.527. The lowest BCUT2D eigenvalue weighted by molar-refractivity contribution is 0.0561. The molecule has 2 N–H and O–H groups in total. The van der Waals surface area contributed by atoms with Crippen molar-refractivity contribution in [3.63, 3.8) is 0 Å². The van der Waals surface area contributed by atoms with Crippen LogP contribution in [0.25, 0.3) is 0 Å². The summed E-state index contributed by atoms with van der Waals surface area (Å²) in [6, 6.07) is 5.70. The normalized spacial score (nSPS) is 18.1. The number of anilines is 1. The van der Waals surface area contributed by atoms with Gasteiger partial charge in [-0.25, -0.2) is 4.79 Å². The summed E-state index contributed by atoms with van der Waals surface area (Å²) in [4.78, 5) is 14.2. The highest BCUT2D eigenvalue weighted by Gasteiger charge is 2.33. The fraction of sp³-hybridized carbons (Fsp3) is 0.562. The molecule has 2 rings (SSSR count). The van der Waals surface area contributed by atoms with Crippen molar-refractivity contribution in [2.24, 2.45) is 5.73 Å². The van der Waals surface area contributed by atoms with E-state index in [9.17, 15) is 4.79 Å². The molecule has 1 aliphatic rings. The Morgan fingerprint density at radius 3 is 2.71 bits per heavy atom. The Morgan fingerprint density at radius 1 is 1.43 bits per heavy atom. The summed E-state index contributed by atoms with van der Waals surface area (Å²) in [6.07, 6.45) is 1.37. The Bertz CT molecular complexity index is 523. The molecule has 5 nitrogen and oxygen atoms in total. The number of carbonyl (C=O) groups is 1. The quantitative estimate of drug-likeness (QED) is 0.910. The maximum absolute atomic E-state index is 12.5. The first-order valence-corrected chi connectivity index (χ1v) is 7.25. The zero-order chi connectivity index (χ0) is 15.6. The molecule has 0 unspecified atom stereocenters. The molecular formula is C16H24N2O3. The van der Waals surface area contributed by atoms with Gasteiger partial charge in [0.15, 0.2) is 0 Å². The van der Waals surface area contributed by atoms with Gasteiger partial charge in [0.2, 0.25) is 0 Å². The van der Waals surface area contributed by atoms with Gasteiger partial charge >= 0.3 is 6.09 Å². The number of nitrogens with two attached hydrogens (primary N) is 1. The second kappa shape index (κ2) is 5.93. The standard InChI is InChI=1S/C16H24N2O3/c1-16(2,3)21-15(19)18-12(10-17)6-5-11-9-13(20-4)7-8-14(11)18/h7-9,12H,5-6,10,17H2,1-4H3/t12-/m1/s1. The molecule has 0 spiro atoms. The van der Waals surface area contributed by atoms with E-state index in [4.69, 9.17) is 15.2 Å². The molecule has 0 bridgehead atoms. The highest BCUT2D eigenvalue weighted by atomic mass is 16.6. The number of amides is 1. The second-order valence-corrected chi connectivity index (χ2v) is 6.27. The van der Waals surface area contributed by atoms with Crippen molar-refractivity contribution in [2.45, 2.75) is 45.3 Å². The Labute approximate surface area is 126 Å². The molecule has 0 radical (unpaired) electrons. The Hall–Kier alpha value is -1.75. The lowest BCUT2D eigenvalue weighted by atomic mass is 9.96. The van der Waals surface area contributed by atoms with E-state index in [0.717, 1.165) is 29.8 Å². The molecule has 0 saturated carbocycles. The molecule has 1 atom stereocenters. The maximum Gasteiger partial charge on any atom is 0.415 e. The van der Waals surface area contributed by atoms with Crippen molar-refractivity contribution in [3.8, 4) is 5.75 Å². The van der Waals surface area contributed by atoms with E-state index in [2.05, 4.69) is 0 Å². The molecule has 5 heteroatoms. The van der Waals surface area contributed by atoms with Gasteiger partial charge < -0.3 is 15.2 Å². The Morgan fingerprint density at radius 2 is 2.14 bits per heavy atom. The van der Waals surface area contributed by atoms with E-state index >= 15 is 0 Å². The molecule has 21 heavy (non-hydrogen) atoms. The lowest BCUT2D eigenvalue weighted by Gasteiger charge is -2.37. The van der Waals surface area contributed by atoms with Crippen molar-refractivity contribution >= 4 is 11.8 Å². The number of rotatable bonds is 2. The van der Waals surface area contributed by atoms with Gasteiger partial charge in [-0.3, -0.25) is 4.90 Å². The van der Waals surface area contributed by atoms with Gasteiger partial charge in [0, 0.05) is 6.54 Å². The third kappa shape index (κ3) is 3.47. The zero-order valence-electron chi connectivity index (χ0n) is 13.2. The smallest absolute Gasteiger partial charge is 0.415 e. The van der Waals surface area contributed by atoms with Gasteiger partial charge in [0.1, 0.15) is 11.4 Å². The number of benzene rings is 1. The van der Waals surface area contributed by atoms with Crippen LogP contribution in [0.3, 0.4) is 0 Å². The van der Waals surface area contributed by atoms with Crippen LogP contribution >= 0.6 is 0 Å². The van der Waals surface area contributed by atoms with Crippen molar-refractivity contribution in [3.05, 3.63) is 23.8 Å². The summed E-state index contributed by atoms with van der Waals surface area (Å²) >= 11 is 0. The molecule has 1 aliphatic heterocycles. The molecular weight excluding hydrogens is 268 g/mol. The number of hydrogen-bond acceptors (Lipinski definition) is 4. The van der Waals surface area contributed by atoms with Crippen LogP contribution in [-0.2, 0) is 11.2 Å². The number of nitrogens with zero attached hydrogens (tertiary/aromatic N) is 1. The third-order valence-corrected chi connectivity index (χ3v) is 3.52. The summed E-state index contributed by atoms with van der Waals surface area (Å²) in [5.41, 5.74) is 7.26. The lowest BCUT2D eigenvalue weighted by Crippen LogP contribution is -2.49. The van der Waals surface area contributed by atoms with E-state index in [1.165, 1.54) is 0 Å². The molecule has 0 saturated heterocycles. The van der Waals surface area contributed by atoms with Crippen molar-refractivity contribution in [1.29, 1.82) is 0 Å². The summed E-state index contributed by atoms with van der Waals surface area (Å²) in [5, 5.41) is 0. The number of carbonyl (C=O) groups excluding carboxylic acids is 1. The van der Waals surface area contributed by atoms with Crippen molar-refractivity contribution in [1.82, 2.24) is 0 Å². The van der Waals surface area contributed by atoms with Crippen molar-refractivity contribution < 1.29 is 14.3 Å². The van der Waals surface area contributed by atoms with Gasteiger partial charge in [-0.1, -0.05) is 0 Å². The predicted octanol–water partition coefficient (Wildman–Crippen LogP) is 2.71. The SMILES string of the molecule is COc1ccc2c(c1)CC[C@H](CN)N2C(=O)OC(C)(C)C. The van der Waals surface area contributed by atoms with Crippen LogP contribution < -0.4 is 15.4 Å². The van der Waals surface area contributed by atoms with Crippen LogP contribution in [0.5, 0.6) is 5.75 Å². The average molecular weight is 292 g/mol. The van der Waals surface area contributed by atoms with Gasteiger partial charge in [0.05, 0.1) is 18.8 Å². The van der Waals surface area contributed by atoms with Gasteiger partial charge in [-0.15, -0.1) is 0 Å². The van der Waals surface area contributed by atoms with Crippen molar-refractivity contribution in [2.75, 3.05) is 18.6 Å². The number of aryl methyl sites for hydroxylation is 1. The summed E-state index contributed by atoms with van der Waals surface area (Å²) in [5.74, 6) is 0.795. The van der Waals surface area contributed by atoms with E-state index in [-0.39, 0.29) is 12.1 Å². The fourth-order valence-electron chi connectivity index (χ4n) is 2.55. The van der Waals surface area contributed by atoms with Crippen LogP contribution in [0.2, 0.25) is 0 Å². The first-order chi connectivity index (χ1) is 9.85. The summed E-state index contributed by atoms with van der Waals surface area (Å²) < 4.78 is 10.8. The molecule has 116 valence electrons.